The molecule has 0 bridgehead atoms. The highest BCUT2D eigenvalue weighted by molar-refractivity contribution is 5.94. The van der Waals surface area contributed by atoms with Gasteiger partial charge in [0.05, 0.1) is 6.04 Å². The second-order valence-corrected chi connectivity index (χ2v) is 9.72. The highest BCUT2D eigenvalue weighted by Gasteiger charge is 2.29. The summed E-state index contributed by atoms with van der Waals surface area (Å²) < 4.78 is 0. The number of nitrogens with two attached hydrogens (primary N) is 3. The van der Waals surface area contributed by atoms with Crippen molar-refractivity contribution in [3.8, 4) is 5.75 Å². The van der Waals surface area contributed by atoms with Crippen molar-refractivity contribution >= 4 is 40.6 Å². The number of carboxylic acid groups (broad SMARTS) is 1. The van der Waals surface area contributed by atoms with E-state index in [4.69, 9.17) is 22.3 Å². The summed E-state index contributed by atoms with van der Waals surface area (Å²) in [5.74, 6) is -3.27. The molecule has 3 atom stereocenters. The van der Waals surface area contributed by atoms with Crippen LogP contribution in [0.15, 0.2) is 59.7 Å². The molecule has 1 heterocycles. The van der Waals surface area contributed by atoms with E-state index in [9.17, 15) is 24.3 Å². The summed E-state index contributed by atoms with van der Waals surface area (Å²) in [6.07, 6.45) is 2.37. The van der Waals surface area contributed by atoms with Gasteiger partial charge in [-0.05, 0) is 48.6 Å². The molecule has 2 aromatic carbocycles. The van der Waals surface area contributed by atoms with Crippen LogP contribution < -0.4 is 33.2 Å². The van der Waals surface area contributed by atoms with E-state index >= 15 is 0 Å². The number of amides is 3. The topological polar surface area (TPSA) is 251 Å². The van der Waals surface area contributed by atoms with Gasteiger partial charge in [-0.15, -0.1) is 0 Å². The van der Waals surface area contributed by atoms with Gasteiger partial charge in [-0.25, -0.2) is 0 Å². The molecule has 12 N–H and O–H groups in total. The van der Waals surface area contributed by atoms with E-state index < -0.39 is 48.4 Å². The normalized spacial score (nSPS) is 13.0. The summed E-state index contributed by atoms with van der Waals surface area (Å²) in [7, 11) is 0. The standard InChI is InChI=1S/C28H36N8O6/c29-20(12-16-7-9-18(37)10-8-16)25(40)36-23(13-17-14-33-21-5-2-1-4-19(17)21)27(42)35-22(6-3-11-32-28(30)31)26(41)34-15-24(38)39/h1-2,4-5,7-10,14,20,22-23,33,37H,3,6,11-13,15,29H2,(H,34,41)(H,35,42)(H,36,40)(H,38,39)(H4,30,31,32). The number of para-hydroxylation sites is 1. The van der Waals surface area contributed by atoms with E-state index in [1.54, 1.807) is 18.3 Å². The number of guanidine groups is 1. The summed E-state index contributed by atoms with van der Waals surface area (Å²) in [6.45, 7) is -0.455. The van der Waals surface area contributed by atoms with Gasteiger partial charge in [-0.1, -0.05) is 30.3 Å². The number of aliphatic carboxylic acids is 1. The van der Waals surface area contributed by atoms with Crippen LogP contribution in [0.4, 0.5) is 0 Å². The van der Waals surface area contributed by atoms with Crippen LogP contribution >= 0.6 is 0 Å². The Labute approximate surface area is 241 Å². The zero-order chi connectivity index (χ0) is 30.6. The minimum Gasteiger partial charge on any atom is -0.508 e. The van der Waals surface area contributed by atoms with Gasteiger partial charge in [-0.2, -0.15) is 0 Å². The van der Waals surface area contributed by atoms with Crippen molar-refractivity contribution in [2.75, 3.05) is 13.1 Å². The van der Waals surface area contributed by atoms with E-state index in [1.165, 1.54) is 12.1 Å². The molecule has 14 nitrogen and oxygen atoms in total. The molecule has 42 heavy (non-hydrogen) atoms. The minimum atomic E-state index is -1.25. The van der Waals surface area contributed by atoms with Crippen molar-refractivity contribution in [2.45, 2.75) is 43.8 Å². The number of hydrogen-bond acceptors (Lipinski definition) is 7. The van der Waals surface area contributed by atoms with Crippen molar-refractivity contribution in [2.24, 2.45) is 22.2 Å². The fraction of sp³-hybridized carbons (Fsp3) is 0.321. The first kappa shape index (κ1) is 31.4. The average Bonchev–Trinajstić information content (AvgIpc) is 3.36. The maximum absolute atomic E-state index is 13.6. The smallest absolute Gasteiger partial charge is 0.322 e. The Morgan fingerprint density at radius 1 is 0.905 bits per heavy atom. The molecule has 0 fully saturated rings. The number of hydrogen-bond donors (Lipinski definition) is 9. The monoisotopic (exact) mass is 580 g/mol. The average molecular weight is 581 g/mol. The molecule has 3 amide bonds. The second kappa shape index (κ2) is 15.0. The highest BCUT2D eigenvalue weighted by atomic mass is 16.4. The van der Waals surface area contributed by atoms with Gasteiger partial charge in [0.2, 0.25) is 17.7 Å². The second-order valence-electron chi connectivity index (χ2n) is 9.72. The lowest BCUT2D eigenvalue weighted by Gasteiger charge is -2.24. The lowest BCUT2D eigenvalue weighted by molar-refractivity contribution is -0.138. The van der Waals surface area contributed by atoms with Crippen LogP contribution in [0.2, 0.25) is 0 Å². The Morgan fingerprint density at radius 3 is 2.29 bits per heavy atom. The summed E-state index contributed by atoms with van der Waals surface area (Å²) in [5.41, 5.74) is 19.2. The Balaban J connectivity index is 1.80. The zero-order valence-corrected chi connectivity index (χ0v) is 22.9. The van der Waals surface area contributed by atoms with E-state index in [2.05, 4.69) is 25.9 Å². The number of carboxylic acids is 1. The number of fused-ring (bicyclic) bond motifs is 1. The van der Waals surface area contributed by atoms with E-state index in [1.807, 2.05) is 24.3 Å². The molecule has 3 unspecified atom stereocenters. The Hall–Kier alpha value is -5.11. The Bertz CT molecular complexity index is 1420. The number of nitrogens with zero attached hydrogens (tertiary/aromatic N) is 1. The van der Waals surface area contributed by atoms with Gasteiger partial charge in [0.1, 0.15) is 24.4 Å². The first-order valence-corrected chi connectivity index (χ1v) is 13.3. The van der Waals surface area contributed by atoms with Crippen molar-refractivity contribution in [3.63, 3.8) is 0 Å². The van der Waals surface area contributed by atoms with Crippen LogP contribution in [-0.4, -0.2) is 76.1 Å². The van der Waals surface area contributed by atoms with Gasteiger partial charge >= 0.3 is 5.97 Å². The van der Waals surface area contributed by atoms with E-state index in [-0.39, 0.29) is 37.5 Å². The molecule has 0 saturated heterocycles. The van der Waals surface area contributed by atoms with Gasteiger partial charge in [-0.3, -0.25) is 24.2 Å². The van der Waals surface area contributed by atoms with Crippen LogP contribution in [0.3, 0.4) is 0 Å². The van der Waals surface area contributed by atoms with Gasteiger partial charge in [0, 0.05) is 30.1 Å². The first-order chi connectivity index (χ1) is 20.0. The number of aromatic hydroxyl groups is 1. The van der Waals surface area contributed by atoms with Gasteiger partial charge < -0.3 is 48.3 Å². The van der Waals surface area contributed by atoms with Crippen LogP contribution in [0.5, 0.6) is 5.75 Å². The minimum absolute atomic E-state index is 0.0744. The van der Waals surface area contributed by atoms with Crippen LogP contribution in [-0.2, 0) is 32.0 Å². The number of H-pyrrole nitrogens is 1. The summed E-state index contributed by atoms with van der Waals surface area (Å²) in [4.78, 5) is 57.5. The number of benzene rings is 2. The number of rotatable bonds is 15. The quantitative estimate of drug-likeness (QED) is 0.0619. The molecule has 0 radical (unpaired) electrons. The van der Waals surface area contributed by atoms with Crippen LogP contribution in [0.25, 0.3) is 10.9 Å². The van der Waals surface area contributed by atoms with Gasteiger partial charge in [0.25, 0.3) is 0 Å². The van der Waals surface area contributed by atoms with E-state index in [0.29, 0.717) is 12.0 Å². The number of nitrogens with one attached hydrogen (secondary N) is 4. The van der Waals surface area contributed by atoms with Crippen molar-refractivity contribution < 1.29 is 29.4 Å². The maximum Gasteiger partial charge on any atom is 0.322 e. The Morgan fingerprint density at radius 2 is 1.60 bits per heavy atom. The number of aromatic nitrogens is 1. The fourth-order valence-corrected chi connectivity index (χ4v) is 4.32. The summed E-state index contributed by atoms with van der Waals surface area (Å²) in [5, 5.41) is 26.9. The zero-order valence-electron chi connectivity index (χ0n) is 22.9. The third-order valence-electron chi connectivity index (χ3n) is 6.45. The lowest BCUT2D eigenvalue weighted by atomic mass is 10.0. The van der Waals surface area contributed by atoms with Crippen LogP contribution in [0, 0.1) is 0 Å². The third kappa shape index (κ3) is 9.52. The van der Waals surface area contributed by atoms with Gasteiger partial charge in [0.15, 0.2) is 5.96 Å². The molecule has 0 spiro atoms. The number of phenolic OH excluding ortho intramolecular Hbond substituents is 1. The molecule has 224 valence electrons. The molecule has 14 heteroatoms. The summed E-state index contributed by atoms with van der Waals surface area (Å²) in [6, 6.07) is 10.4. The van der Waals surface area contributed by atoms with E-state index in [0.717, 1.165) is 16.5 Å². The molecule has 0 aliphatic carbocycles. The molecule has 3 aromatic rings. The number of phenols is 1. The number of aromatic amines is 1. The fourth-order valence-electron chi connectivity index (χ4n) is 4.32. The third-order valence-corrected chi connectivity index (χ3v) is 6.45. The molecule has 1 aromatic heterocycles. The van der Waals surface area contributed by atoms with Crippen molar-refractivity contribution in [1.29, 1.82) is 0 Å². The highest BCUT2D eigenvalue weighted by Crippen LogP contribution is 2.19. The lowest BCUT2D eigenvalue weighted by Crippen LogP contribution is -2.57. The first-order valence-electron chi connectivity index (χ1n) is 13.3. The molecule has 3 rings (SSSR count). The Kier molecular flexibility index (Phi) is 11.3. The number of carbonyl (C=O) groups is 4. The molecular formula is C28H36N8O6. The van der Waals surface area contributed by atoms with Crippen LogP contribution in [0.1, 0.15) is 24.0 Å². The molecule has 0 aliphatic heterocycles. The summed E-state index contributed by atoms with van der Waals surface area (Å²) >= 11 is 0. The predicted octanol–water partition coefficient (Wildman–Crippen LogP) is -0.790. The molecular weight excluding hydrogens is 544 g/mol. The SMILES string of the molecule is NC(N)=NCCCC(NC(=O)C(Cc1c[nH]c2ccccc12)NC(=O)C(N)Cc1ccc(O)cc1)C(=O)NCC(=O)O. The number of carbonyl (C=O) groups excluding carboxylic acids is 3. The maximum atomic E-state index is 13.6. The molecule has 0 aliphatic rings. The van der Waals surface area contributed by atoms with Crippen molar-refractivity contribution in [3.05, 3.63) is 65.9 Å². The predicted molar refractivity (Wildman–Crippen MR) is 156 cm³/mol. The number of aliphatic imine (C=N–C) groups is 1. The largest absolute Gasteiger partial charge is 0.508 e. The van der Waals surface area contributed by atoms with Crippen molar-refractivity contribution in [1.82, 2.24) is 20.9 Å². The molecule has 0 saturated carbocycles.